The summed E-state index contributed by atoms with van der Waals surface area (Å²) in [6.07, 6.45) is 10.5. The van der Waals surface area contributed by atoms with Gasteiger partial charge in [-0.3, -0.25) is 9.69 Å². The Morgan fingerprint density at radius 2 is 1.70 bits per heavy atom. The average Bonchev–Trinajstić information content (AvgIpc) is 3.28. The molecule has 12 nitrogen and oxygen atoms in total. The third kappa shape index (κ3) is 11.0. The van der Waals surface area contributed by atoms with Gasteiger partial charge in [0.15, 0.2) is 6.29 Å². The summed E-state index contributed by atoms with van der Waals surface area (Å²) in [6, 6.07) is 15.8. The molecule has 0 spiro atoms. The minimum Gasteiger partial charge on any atom is -0.496 e. The molecule has 0 bridgehead atoms. The van der Waals surface area contributed by atoms with E-state index in [0.29, 0.717) is 59.1 Å². The van der Waals surface area contributed by atoms with Crippen LogP contribution in [-0.4, -0.2) is 84.2 Å². The zero-order chi connectivity index (χ0) is 45.9. The number of aldehydes is 1. The van der Waals surface area contributed by atoms with Crippen LogP contribution in [0.2, 0.25) is 0 Å². The zero-order valence-electron chi connectivity index (χ0n) is 37.5. The van der Waals surface area contributed by atoms with Crippen LogP contribution < -0.4 is 14.2 Å². The Balaban J connectivity index is 1.62. The van der Waals surface area contributed by atoms with Crippen LogP contribution in [-0.2, 0) is 20.9 Å². The van der Waals surface area contributed by atoms with Crippen LogP contribution in [0.1, 0.15) is 99.5 Å². The molecule has 1 fully saturated rings. The number of amides is 1. The predicted octanol–water partition coefficient (Wildman–Crippen LogP) is 10.1. The summed E-state index contributed by atoms with van der Waals surface area (Å²) in [5.74, 6) is -1.03. The van der Waals surface area contributed by atoms with E-state index >= 15 is 0 Å². The number of methoxy groups -OCH3 is 1. The van der Waals surface area contributed by atoms with Crippen molar-refractivity contribution in [3.8, 4) is 23.0 Å². The third-order valence-electron chi connectivity index (χ3n) is 12.1. The van der Waals surface area contributed by atoms with Crippen LogP contribution in [0.25, 0.3) is 0 Å². The Morgan fingerprint density at radius 3 is 2.38 bits per heavy atom. The van der Waals surface area contributed by atoms with Gasteiger partial charge >= 0.3 is 6.09 Å². The lowest BCUT2D eigenvalue weighted by atomic mass is 9.55. The number of unbranched alkanes of at least 4 members (excludes halogenated alkanes) is 2. The van der Waals surface area contributed by atoms with Gasteiger partial charge in [0.05, 0.1) is 37.5 Å². The number of hydrogen-bond donors (Lipinski definition) is 2. The van der Waals surface area contributed by atoms with Crippen LogP contribution in [0.15, 0.2) is 103 Å². The van der Waals surface area contributed by atoms with Crippen molar-refractivity contribution in [2.24, 2.45) is 22.9 Å². The Bertz CT molecular complexity index is 2150. The van der Waals surface area contributed by atoms with E-state index in [1.165, 1.54) is 19.2 Å². The van der Waals surface area contributed by atoms with E-state index < -0.39 is 35.3 Å². The lowest BCUT2D eigenvalue weighted by Crippen LogP contribution is -2.70. The molecule has 1 heterocycles. The molecular formula is C51H63FN2O10. The first-order valence-corrected chi connectivity index (χ1v) is 22.3. The predicted molar refractivity (Wildman–Crippen MR) is 242 cm³/mol. The second-order valence-corrected chi connectivity index (χ2v) is 17.5. The van der Waals surface area contributed by atoms with Crippen molar-refractivity contribution < 1.29 is 52.7 Å². The lowest BCUT2D eigenvalue weighted by molar-refractivity contribution is -0.256. The number of rotatable bonds is 22. The summed E-state index contributed by atoms with van der Waals surface area (Å²) in [5, 5.41) is 24.8. The molecule has 1 aliphatic heterocycles. The van der Waals surface area contributed by atoms with Crippen molar-refractivity contribution in [1.29, 1.82) is 0 Å². The van der Waals surface area contributed by atoms with Crippen LogP contribution in [0.4, 0.5) is 9.18 Å². The normalized spacial score (nSPS) is 22.8. The number of carbonyl (C=O) groups excluding carboxylic acids is 2. The minimum absolute atomic E-state index is 0.00133. The van der Waals surface area contributed by atoms with Gasteiger partial charge < -0.3 is 38.7 Å². The monoisotopic (exact) mass is 882 g/mol. The van der Waals surface area contributed by atoms with E-state index in [1.54, 1.807) is 53.5 Å². The molecule has 6 atom stereocenters. The standard InChI is InChI=1S/C51H63FN2O10/c1-7-9-27-60-49(58)54(32-34-16-18-37(52)19-17-34)46-31-43(53-64-50(3,4)5)41-29-35(14-10-12-24-55)40(15-11-13-25-56)47-42-30-39(62-38-20-22-44(59-6)36(28-38)33-57)21-23-45(42)63-51(46,48(41)47)61-26-8-2/h7-8,16-23,28-30,33,35,40,46-48,55-56H,1-2,9-15,24-27,31-32H2,3-6H3/t35-,40+,46-,47+,48+,51+/m0/s1. The summed E-state index contributed by atoms with van der Waals surface area (Å²) < 4.78 is 46.5. The highest BCUT2D eigenvalue weighted by molar-refractivity contribution is 6.03. The van der Waals surface area contributed by atoms with E-state index in [1.807, 2.05) is 32.9 Å². The maximum absolute atomic E-state index is 14.6. The molecule has 2 aliphatic carbocycles. The van der Waals surface area contributed by atoms with Gasteiger partial charge in [0, 0.05) is 37.7 Å². The number of halogens is 1. The Labute approximate surface area is 376 Å². The lowest BCUT2D eigenvalue weighted by Gasteiger charge is -2.60. The van der Waals surface area contributed by atoms with Crippen molar-refractivity contribution in [3.63, 3.8) is 0 Å². The minimum atomic E-state index is -1.56. The summed E-state index contributed by atoms with van der Waals surface area (Å²) in [6.45, 7) is 13.9. The second kappa shape index (κ2) is 21.9. The number of carbonyl (C=O) groups is 2. The van der Waals surface area contributed by atoms with E-state index in [9.17, 15) is 24.2 Å². The van der Waals surface area contributed by atoms with Gasteiger partial charge in [-0.25, -0.2) is 9.18 Å². The largest absolute Gasteiger partial charge is 0.496 e. The molecule has 2 N–H and O–H groups in total. The highest BCUT2D eigenvalue weighted by Crippen LogP contribution is 2.62. The number of ether oxygens (including phenoxy) is 5. The van der Waals surface area contributed by atoms with Gasteiger partial charge in [0.2, 0.25) is 5.79 Å². The molecule has 0 unspecified atom stereocenters. The highest BCUT2D eigenvalue weighted by Gasteiger charge is 2.65. The van der Waals surface area contributed by atoms with Gasteiger partial charge in [-0.05, 0) is 124 Å². The zero-order valence-corrected chi connectivity index (χ0v) is 37.5. The number of aliphatic hydroxyl groups is 2. The fourth-order valence-corrected chi connectivity index (χ4v) is 9.31. The van der Waals surface area contributed by atoms with Crippen LogP contribution in [0.5, 0.6) is 23.0 Å². The topological polar surface area (TPSA) is 146 Å². The molecule has 6 rings (SSSR count). The molecule has 1 amide bonds. The van der Waals surface area contributed by atoms with Crippen LogP contribution in [0, 0.1) is 23.6 Å². The molecule has 3 aromatic carbocycles. The molecule has 13 heteroatoms. The van der Waals surface area contributed by atoms with Gasteiger partial charge in [-0.1, -0.05) is 48.4 Å². The number of fused-ring (bicyclic) bond motifs is 2. The summed E-state index contributed by atoms with van der Waals surface area (Å²) >= 11 is 0. The quantitative estimate of drug-likeness (QED) is 0.0433. The van der Waals surface area contributed by atoms with Crippen LogP contribution in [0.3, 0.4) is 0 Å². The first-order chi connectivity index (χ1) is 30.9. The average molecular weight is 883 g/mol. The molecular weight excluding hydrogens is 820 g/mol. The van der Waals surface area contributed by atoms with Crippen molar-refractivity contribution in [1.82, 2.24) is 4.90 Å². The summed E-state index contributed by atoms with van der Waals surface area (Å²) in [7, 11) is 1.50. The Hall–Kier alpha value is -5.50. The molecule has 1 saturated carbocycles. The van der Waals surface area contributed by atoms with Crippen LogP contribution >= 0.6 is 0 Å². The van der Waals surface area contributed by atoms with Gasteiger partial charge in [-0.15, -0.1) is 13.2 Å². The molecule has 64 heavy (non-hydrogen) atoms. The SMILES string of the molecule is C=CCCOC(=O)N(Cc1ccc(F)cc1)[C@H]1CC(=NOC(C)(C)C)C2=C[C@H](CCCCO)[C@@H](CCCCO)[C@@H]3c4cc(Oc5ccc(OC)c(C=O)c5)ccc4O[C@@]1(OCC=C)[C@H]23. The molecule has 3 aromatic rings. The first kappa shape index (κ1) is 48.0. The van der Waals surface area contributed by atoms with Crippen molar-refractivity contribution in [2.75, 3.05) is 33.5 Å². The van der Waals surface area contributed by atoms with E-state index in [2.05, 4.69) is 19.2 Å². The highest BCUT2D eigenvalue weighted by atomic mass is 19.1. The molecule has 0 radical (unpaired) electrons. The van der Waals surface area contributed by atoms with Crippen molar-refractivity contribution in [3.05, 3.63) is 120 Å². The molecule has 3 aliphatic rings. The fourth-order valence-electron chi connectivity index (χ4n) is 9.31. The third-order valence-corrected chi connectivity index (χ3v) is 12.1. The number of allylic oxidation sites excluding steroid dienone is 1. The molecule has 344 valence electrons. The fraction of sp³-hybridized carbons (Fsp3) is 0.471. The maximum atomic E-state index is 14.6. The number of aliphatic hydroxyl groups excluding tert-OH is 2. The van der Waals surface area contributed by atoms with E-state index in [-0.39, 0.29) is 57.1 Å². The Morgan fingerprint density at radius 1 is 0.984 bits per heavy atom. The number of benzene rings is 3. The molecule has 0 saturated heterocycles. The maximum Gasteiger partial charge on any atom is 0.410 e. The van der Waals surface area contributed by atoms with E-state index in [0.717, 1.165) is 43.1 Å². The number of oxime groups is 1. The number of nitrogens with zero attached hydrogens (tertiary/aromatic N) is 2. The van der Waals surface area contributed by atoms with Crippen molar-refractivity contribution in [2.45, 2.75) is 102 Å². The van der Waals surface area contributed by atoms with Gasteiger partial charge in [0.25, 0.3) is 0 Å². The molecule has 0 aromatic heterocycles. The summed E-state index contributed by atoms with van der Waals surface area (Å²) in [5.41, 5.74) is 2.68. The summed E-state index contributed by atoms with van der Waals surface area (Å²) in [4.78, 5) is 34.4. The van der Waals surface area contributed by atoms with Gasteiger partial charge in [-0.2, -0.15) is 0 Å². The number of hydrogen-bond acceptors (Lipinski definition) is 11. The van der Waals surface area contributed by atoms with E-state index in [4.69, 9.17) is 33.7 Å². The second-order valence-electron chi connectivity index (χ2n) is 17.5. The Kier molecular flexibility index (Phi) is 16.4. The first-order valence-electron chi connectivity index (χ1n) is 22.3. The van der Waals surface area contributed by atoms with Gasteiger partial charge in [0.1, 0.15) is 40.5 Å². The smallest absolute Gasteiger partial charge is 0.410 e. The van der Waals surface area contributed by atoms with Crippen molar-refractivity contribution >= 4 is 18.1 Å².